The van der Waals surface area contributed by atoms with Gasteiger partial charge >= 0.3 is 0 Å². The molecule has 1 fully saturated rings. The van der Waals surface area contributed by atoms with Crippen LogP contribution in [0, 0.1) is 5.92 Å². The Morgan fingerprint density at radius 2 is 2.21 bits per heavy atom. The highest BCUT2D eigenvalue weighted by molar-refractivity contribution is 6.31. The fourth-order valence-electron chi connectivity index (χ4n) is 3.37. The number of aryl methyl sites for hydroxylation is 1. The highest BCUT2D eigenvalue weighted by atomic mass is 35.5. The Morgan fingerprint density at radius 3 is 2.88 bits per heavy atom. The Morgan fingerprint density at radius 1 is 1.42 bits per heavy atom. The number of pyridine rings is 1. The summed E-state index contributed by atoms with van der Waals surface area (Å²) in [7, 11) is 0. The molecule has 0 aliphatic heterocycles. The van der Waals surface area contributed by atoms with Gasteiger partial charge in [-0.2, -0.15) is 0 Å². The minimum Gasteiger partial charge on any atom is -0.393 e. The molecule has 1 aliphatic rings. The van der Waals surface area contributed by atoms with Crippen LogP contribution in [0.2, 0.25) is 5.02 Å². The first-order valence-electron chi connectivity index (χ1n) is 8.30. The number of aromatic nitrogens is 1. The van der Waals surface area contributed by atoms with Crippen LogP contribution in [-0.2, 0) is 6.54 Å². The van der Waals surface area contributed by atoms with E-state index in [0.717, 1.165) is 24.8 Å². The van der Waals surface area contributed by atoms with E-state index < -0.39 is 5.91 Å². The first-order valence-corrected chi connectivity index (χ1v) is 8.68. The molecular formula is C18H21ClN2O3. The second kappa shape index (κ2) is 6.95. The van der Waals surface area contributed by atoms with Crippen molar-refractivity contribution in [1.82, 2.24) is 9.88 Å². The maximum atomic E-state index is 12.7. The fourth-order valence-corrected chi connectivity index (χ4v) is 3.54. The van der Waals surface area contributed by atoms with Gasteiger partial charge in [0, 0.05) is 35.6 Å². The van der Waals surface area contributed by atoms with E-state index in [1.54, 1.807) is 24.4 Å². The van der Waals surface area contributed by atoms with Gasteiger partial charge in [-0.25, -0.2) is 0 Å². The predicted octanol–water partition coefficient (Wildman–Crippen LogP) is 2.57. The van der Waals surface area contributed by atoms with E-state index in [-0.39, 0.29) is 23.0 Å². The number of hydrogen-bond donors (Lipinski definition) is 2. The number of rotatable bonds is 4. The van der Waals surface area contributed by atoms with Crippen molar-refractivity contribution in [2.75, 3.05) is 6.54 Å². The number of aliphatic hydroxyl groups is 1. The summed E-state index contributed by atoms with van der Waals surface area (Å²) in [5.74, 6) is -0.333. The number of nitrogens with one attached hydrogen (secondary N) is 1. The van der Waals surface area contributed by atoms with E-state index in [9.17, 15) is 14.7 Å². The smallest absolute Gasteiger partial charge is 0.256 e. The summed E-state index contributed by atoms with van der Waals surface area (Å²) in [5.41, 5.74) is 0.551. The molecule has 1 aromatic carbocycles. The van der Waals surface area contributed by atoms with Crippen LogP contribution in [0.3, 0.4) is 0 Å². The molecule has 1 aliphatic carbocycles. The van der Waals surface area contributed by atoms with Crippen molar-refractivity contribution in [3.63, 3.8) is 0 Å². The molecule has 2 unspecified atom stereocenters. The van der Waals surface area contributed by atoms with Crippen LogP contribution >= 0.6 is 11.6 Å². The summed E-state index contributed by atoms with van der Waals surface area (Å²) in [4.78, 5) is 25.2. The van der Waals surface area contributed by atoms with Gasteiger partial charge in [0.2, 0.25) is 5.43 Å². The van der Waals surface area contributed by atoms with Crippen LogP contribution in [0.4, 0.5) is 0 Å². The molecule has 3 rings (SSSR count). The Kier molecular flexibility index (Phi) is 4.92. The first kappa shape index (κ1) is 17.0. The fraction of sp³-hybridized carbons (Fsp3) is 0.444. The van der Waals surface area contributed by atoms with E-state index in [2.05, 4.69) is 5.32 Å². The van der Waals surface area contributed by atoms with Gasteiger partial charge in [0.15, 0.2) is 0 Å². The molecule has 5 nitrogen and oxygen atoms in total. The van der Waals surface area contributed by atoms with Gasteiger partial charge in [-0.3, -0.25) is 9.59 Å². The zero-order chi connectivity index (χ0) is 17.3. The lowest BCUT2D eigenvalue weighted by atomic mass is 10.1. The lowest BCUT2D eigenvalue weighted by Crippen LogP contribution is -2.35. The first-order chi connectivity index (χ1) is 11.5. The molecular weight excluding hydrogens is 328 g/mol. The number of carbonyl (C=O) groups is 1. The van der Waals surface area contributed by atoms with Gasteiger partial charge in [-0.1, -0.05) is 18.0 Å². The zero-order valence-corrected chi connectivity index (χ0v) is 14.3. The van der Waals surface area contributed by atoms with Crippen molar-refractivity contribution in [3.05, 3.63) is 45.2 Å². The van der Waals surface area contributed by atoms with Crippen LogP contribution < -0.4 is 10.7 Å². The SMILES string of the molecule is CCn1cc(C(=O)NCC2CCCC2O)c(=O)c2cc(Cl)ccc21. The van der Waals surface area contributed by atoms with Crippen molar-refractivity contribution in [3.8, 4) is 0 Å². The largest absolute Gasteiger partial charge is 0.393 e. The monoisotopic (exact) mass is 348 g/mol. The number of hydrogen-bond acceptors (Lipinski definition) is 3. The third-order valence-corrected chi connectivity index (χ3v) is 5.01. The number of amides is 1. The Balaban J connectivity index is 1.92. The van der Waals surface area contributed by atoms with Crippen LogP contribution in [0.15, 0.2) is 29.2 Å². The van der Waals surface area contributed by atoms with Crippen LogP contribution in [0.5, 0.6) is 0 Å². The third kappa shape index (κ3) is 3.19. The van der Waals surface area contributed by atoms with Gasteiger partial charge < -0.3 is 15.0 Å². The summed E-state index contributed by atoms with van der Waals surface area (Å²) in [6.45, 7) is 2.98. The number of halogens is 1. The van der Waals surface area contributed by atoms with Gasteiger partial charge in [0.25, 0.3) is 5.91 Å². The van der Waals surface area contributed by atoms with E-state index in [1.807, 2.05) is 11.5 Å². The number of nitrogens with zero attached hydrogens (tertiary/aromatic N) is 1. The Hall–Kier alpha value is -1.85. The molecule has 0 radical (unpaired) electrons. The van der Waals surface area contributed by atoms with Crippen LogP contribution in [0.25, 0.3) is 10.9 Å². The summed E-state index contributed by atoms with van der Waals surface area (Å²) >= 11 is 6.00. The second-order valence-corrected chi connectivity index (χ2v) is 6.72. The highest BCUT2D eigenvalue weighted by Crippen LogP contribution is 2.24. The summed E-state index contributed by atoms with van der Waals surface area (Å²) in [5, 5.41) is 13.6. The lowest BCUT2D eigenvalue weighted by Gasteiger charge is -2.16. The Labute approximate surface area is 145 Å². The molecule has 0 bridgehead atoms. The highest BCUT2D eigenvalue weighted by Gasteiger charge is 2.26. The van der Waals surface area contributed by atoms with E-state index in [4.69, 9.17) is 11.6 Å². The predicted molar refractivity (Wildman–Crippen MR) is 94.6 cm³/mol. The molecule has 2 atom stereocenters. The average molecular weight is 349 g/mol. The summed E-state index contributed by atoms with van der Waals surface area (Å²) < 4.78 is 1.87. The standard InChI is InChI=1S/C18H21ClN2O3/c1-2-21-10-14(17(23)13-8-12(19)6-7-15(13)21)18(24)20-9-11-4-3-5-16(11)22/h6-8,10-11,16,22H,2-5,9H2,1H3,(H,20,24). The van der Waals surface area contributed by atoms with Crippen molar-refractivity contribution in [2.24, 2.45) is 5.92 Å². The van der Waals surface area contributed by atoms with Gasteiger partial charge in [0.05, 0.1) is 11.6 Å². The minimum atomic E-state index is -0.400. The quantitative estimate of drug-likeness (QED) is 0.892. The van der Waals surface area contributed by atoms with E-state index in [1.165, 1.54) is 0 Å². The van der Waals surface area contributed by atoms with Crippen molar-refractivity contribution < 1.29 is 9.90 Å². The number of aliphatic hydroxyl groups excluding tert-OH is 1. The molecule has 1 amide bonds. The summed E-state index contributed by atoms with van der Waals surface area (Å²) in [6, 6.07) is 5.12. The van der Waals surface area contributed by atoms with Crippen LogP contribution in [0.1, 0.15) is 36.5 Å². The van der Waals surface area contributed by atoms with E-state index >= 15 is 0 Å². The molecule has 0 saturated heterocycles. The van der Waals surface area contributed by atoms with Crippen molar-refractivity contribution in [1.29, 1.82) is 0 Å². The molecule has 24 heavy (non-hydrogen) atoms. The maximum Gasteiger partial charge on any atom is 0.256 e. The maximum absolute atomic E-state index is 12.7. The number of fused-ring (bicyclic) bond motifs is 1. The van der Waals surface area contributed by atoms with Crippen LogP contribution in [-0.4, -0.2) is 28.2 Å². The Bertz CT molecular complexity index is 831. The topological polar surface area (TPSA) is 71.3 Å². The molecule has 2 N–H and O–H groups in total. The molecule has 1 heterocycles. The van der Waals surface area contributed by atoms with Crippen molar-refractivity contribution >= 4 is 28.4 Å². The average Bonchev–Trinajstić information content (AvgIpc) is 2.98. The molecule has 1 saturated carbocycles. The van der Waals surface area contributed by atoms with E-state index in [0.29, 0.717) is 23.5 Å². The third-order valence-electron chi connectivity index (χ3n) is 4.77. The summed E-state index contributed by atoms with van der Waals surface area (Å²) in [6.07, 6.45) is 3.87. The lowest BCUT2D eigenvalue weighted by molar-refractivity contribution is 0.0915. The minimum absolute atomic E-state index is 0.0669. The second-order valence-electron chi connectivity index (χ2n) is 6.29. The molecule has 0 spiro atoms. The number of benzene rings is 1. The van der Waals surface area contributed by atoms with Gasteiger partial charge in [-0.05, 0) is 38.0 Å². The number of carbonyl (C=O) groups excluding carboxylic acids is 1. The van der Waals surface area contributed by atoms with Gasteiger partial charge in [-0.15, -0.1) is 0 Å². The molecule has 6 heteroatoms. The zero-order valence-electron chi connectivity index (χ0n) is 13.6. The molecule has 128 valence electrons. The molecule has 2 aromatic rings. The van der Waals surface area contributed by atoms with Gasteiger partial charge in [0.1, 0.15) is 5.56 Å². The molecule has 1 aromatic heterocycles. The van der Waals surface area contributed by atoms with Crippen molar-refractivity contribution in [2.45, 2.75) is 38.8 Å². The normalized spacial score (nSPS) is 20.5.